The Kier molecular flexibility index (Phi) is 51.7. The quantitative estimate of drug-likeness (QED) is 0.0344. The Morgan fingerprint density at radius 1 is 0.308 bits per heavy atom. The summed E-state index contributed by atoms with van der Waals surface area (Å²) >= 11 is 13.6. The van der Waals surface area contributed by atoms with Crippen LogP contribution in [0, 0.1) is 55.4 Å². The van der Waals surface area contributed by atoms with Crippen LogP contribution in [0.2, 0.25) is 10.0 Å². The third kappa shape index (κ3) is 39.9. The van der Waals surface area contributed by atoms with Crippen molar-refractivity contribution in [1.82, 2.24) is 19.6 Å². The minimum Gasteiger partial charge on any atom is -0.458 e. The Labute approximate surface area is 880 Å². The maximum atomic E-state index is 13.5. The summed E-state index contributed by atoms with van der Waals surface area (Å²) in [6, 6.07) is 11.9. The molecule has 0 aliphatic carbocycles. The molecular formula is C120H166Cl2N8O16. The number of piperidine rings is 4. The van der Waals surface area contributed by atoms with Crippen LogP contribution in [-0.4, -0.2) is 193 Å². The van der Waals surface area contributed by atoms with Crippen molar-refractivity contribution < 1.29 is 76.7 Å². The standard InChI is InChI=1S/2C30H41ClN2O4.2C30H42N2O4/c2*1-5-12-25-14-9-6-8-13-21(2)17-24(32-36-20-27(34)33-15-10-7-11-16-33)19-26-28(30(35)37-25)22(3)18-23(4)29(26)31;2*1-5-12-27-14-9-6-8-13-22(2)19-26(31-35-21-28(33)32-15-10-7-11-16-32)20-25-18-23(3)17-24(4)29(25)30(34)36-27/h2*6,9,17-18,25H,5,7-8,10-16,19-20H2,1-4H3;2*6,9,17-19,27H,5,7-8,10-16,20-21H2,1-4H3/b9-6+,21-17+,32-24+;9-6+,21-17+,32-24-;9-6+,22-19+,31-26+;9-6+,22-19+,31-26-. The van der Waals surface area contributed by atoms with Gasteiger partial charge in [0.1, 0.15) is 24.4 Å². The number of likely N-dealkylation sites (tertiary alicyclic amines) is 4. The number of rotatable bonds is 20. The Morgan fingerprint density at radius 3 is 0.788 bits per heavy atom. The number of cyclic esters (lactones) is 4. The van der Waals surface area contributed by atoms with Crippen LogP contribution >= 0.6 is 23.2 Å². The minimum absolute atomic E-state index is 0.0246. The van der Waals surface area contributed by atoms with Gasteiger partial charge in [-0.05, 0) is 317 Å². The second-order valence-corrected chi connectivity index (χ2v) is 41.5. The summed E-state index contributed by atoms with van der Waals surface area (Å²) in [5, 5.41) is 18.6. The molecule has 4 fully saturated rings. The van der Waals surface area contributed by atoms with E-state index in [-0.39, 0.29) is 98.3 Å². The van der Waals surface area contributed by atoms with Gasteiger partial charge in [0.25, 0.3) is 23.6 Å². The van der Waals surface area contributed by atoms with E-state index >= 15 is 0 Å². The molecule has 0 saturated carbocycles. The Hall–Kier alpha value is -11.0. The number of ether oxygens (including phenoxy) is 4. The molecule has 8 aliphatic rings. The van der Waals surface area contributed by atoms with Crippen LogP contribution in [0.4, 0.5) is 0 Å². The average molecular weight is 2050 g/mol. The number of carbonyl (C=O) groups excluding carboxylic acids is 8. The molecule has 8 aliphatic heterocycles. The summed E-state index contributed by atoms with van der Waals surface area (Å²) in [4.78, 5) is 134. The van der Waals surface area contributed by atoms with E-state index in [9.17, 15) is 38.4 Å². The second kappa shape index (κ2) is 63.7. The maximum Gasteiger partial charge on any atom is 0.339 e. The van der Waals surface area contributed by atoms with E-state index in [4.69, 9.17) is 61.5 Å². The van der Waals surface area contributed by atoms with Gasteiger partial charge in [0, 0.05) is 114 Å². The van der Waals surface area contributed by atoms with Gasteiger partial charge in [-0.2, -0.15) is 0 Å². The van der Waals surface area contributed by atoms with Crippen LogP contribution < -0.4 is 0 Å². The van der Waals surface area contributed by atoms with Gasteiger partial charge >= 0.3 is 23.9 Å². The topological polar surface area (TPSA) is 273 Å². The lowest BCUT2D eigenvalue weighted by atomic mass is 9.94. The molecule has 4 unspecified atom stereocenters. The fourth-order valence-corrected chi connectivity index (χ4v) is 20.4. The van der Waals surface area contributed by atoms with Crippen LogP contribution in [0.25, 0.3) is 0 Å². The van der Waals surface area contributed by atoms with E-state index in [1.54, 1.807) is 0 Å². The van der Waals surface area contributed by atoms with Crippen molar-refractivity contribution in [2.75, 3.05) is 78.8 Å². The van der Waals surface area contributed by atoms with E-state index in [1.165, 1.54) is 24.0 Å². The van der Waals surface area contributed by atoms with Crippen molar-refractivity contribution >= 4 is 93.6 Å². The molecule has 0 spiro atoms. The molecule has 4 saturated heterocycles. The van der Waals surface area contributed by atoms with Crippen molar-refractivity contribution in [2.24, 2.45) is 20.6 Å². The molecule has 0 N–H and O–H groups in total. The van der Waals surface area contributed by atoms with Crippen LogP contribution in [-0.2, 0) is 83.2 Å². The highest BCUT2D eigenvalue weighted by Gasteiger charge is 2.31. The number of carbonyl (C=O) groups is 8. The first-order valence-corrected chi connectivity index (χ1v) is 54.9. The number of oxime groups is 4. The molecule has 26 heteroatoms. The molecule has 24 nitrogen and oxygen atoms in total. The highest BCUT2D eigenvalue weighted by atomic mass is 35.5. The summed E-state index contributed by atoms with van der Waals surface area (Å²) in [5.74, 6) is -1.44. The van der Waals surface area contributed by atoms with Crippen molar-refractivity contribution in [3.8, 4) is 0 Å². The van der Waals surface area contributed by atoms with E-state index < -0.39 is 0 Å². The highest BCUT2D eigenvalue weighted by Crippen LogP contribution is 2.35. The third-order valence-electron chi connectivity index (χ3n) is 27.5. The number of benzene rings is 4. The fourth-order valence-electron chi connectivity index (χ4n) is 19.9. The van der Waals surface area contributed by atoms with Crippen molar-refractivity contribution in [1.29, 1.82) is 0 Å². The number of allylic oxidation sites excluding steroid dienone is 12. The van der Waals surface area contributed by atoms with Gasteiger partial charge in [0.15, 0.2) is 26.4 Å². The van der Waals surface area contributed by atoms with Gasteiger partial charge in [-0.1, -0.05) is 216 Å². The molecule has 0 aromatic heterocycles. The van der Waals surface area contributed by atoms with E-state index in [0.29, 0.717) is 105 Å². The van der Waals surface area contributed by atoms with Gasteiger partial charge in [0.05, 0.1) is 45.1 Å². The predicted molar refractivity (Wildman–Crippen MR) is 587 cm³/mol. The number of hydrogen-bond donors (Lipinski definition) is 0. The second-order valence-electron chi connectivity index (χ2n) is 40.7. The lowest BCUT2D eigenvalue weighted by molar-refractivity contribution is -0.137. The van der Waals surface area contributed by atoms with Crippen molar-refractivity contribution in [3.63, 3.8) is 0 Å². The van der Waals surface area contributed by atoms with Crippen LogP contribution in [0.1, 0.15) is 369 Å². The van der Waals surface area contributed by atoms with Crippen molar-refractivity contribution in [2.45, 2.75) is 366 Å². The van der Waals surface area contributed by atoms with Gasteiger partial charge < -0.3 is 57.9 Å². The number of esters is 4. The third-order valence-corrected chi connectivity index (χ3v) is 28.5. The number of fused-ring (bicyclic) bond motifs is 4. The van der Waals surface area contributed by atoms with Gasteiger partial charge in [-0.3, -0.25) is 19.2 Å². The first-order chi connectivity index (χ1) is 70.3. The smallest absolute Gasteiger partial charge is 0.339 e. The van der Waals surface area contributed by atoms with E-state index in [0.717, 1.165) is 299 Å². The summed E-state index contributed by atoms with van der Waals surface area (Å²) in [7, 11) is 0. The summed E-state index contributed by atoms with van der Waals surface area (Å²) < 4.78 is 24.0. The normalized spacial score (nSPS) is 23.0. The lowest BCUT2D eigenvalue weighted by Crippen LogP contribution is -2.37. The minimum atomic E-state index is -0.362. The average Bonchev–Trinajstić information content (AvgIpc) is 0.795. The number of amides is 4. The van der Waals surface area contributed by atoms with Gasteiger partial charge in [-0.15, -0.1) is 0 Å². The van der Waals surface area contributed by atoms with E-state index in [2.05, 4.69) is 125 Å². The van der Waals surface area contributed by atoms with Gasteiger partial charge in [0.2, 0.25) is 0 Å². The Bertz CT molecular complexity index is 5100. The van der Waals surface area contributed by atoms with Gasteiger partial charge in [-0.25, -0.2) is 19.2 Å². The molecule has 0 radical (unpaired) electrons. The molecule has 4 amide bonds. The van der Waals surface area contributed by atoms with Crippen molar-refractivity contribution in [3.05, 3.63) is 231 Å². The Morgan fingerprint density at radius 2 is 0.541 bits per heavy atom. The maximum absolute atomic E-state index is 13.5. The molecule has 4 aromatic carbocycles. The summed E-state index contributed by atoms with van der Waals surface area (Å²) in [6.07, 6.45) is 55.9. The zero-order valence-corrected chi connectivity index (χ0v) is 92.0. The SMILES string of the molecule is CCCC1C/C=C/CC/C(C)=C/C(=N/OCC(=O)N2CCCCC2)Cc2c(Cl)c(C)cc(C)c2C(=O)O1.CCCC1C/C=C/CC/C(C)=C/C(=N/OCC(=O)N2CCCCC2)Cc2cc(C)cc(C)c2C(=O)O1.CCCC1C/C=C/CC/C(C)=C/C(=N\OCC(=O)N2CCCCC2)Cc2c(Cl)c(C)cc(C)c2C(=O)O1.CCCC1C/C=C/CC/C(C)=C/C(=N\OCC(=O)N2CCCCC2)Cc2cc(C)cc(C)c2C(=O)O1. The molecule has 0 bridgehead atoms. The van der Waals surface area contributed by atoms with Crippen LogP contribution in [0.15, 0.2) is 152 Å². The number of halogens is 2. The first kappa shape index (κ1) is 119. The molecule has 796 valence electrons. The molecule has 4 atom stereocenters. The number of aryl methyl sites for hydroxylation is 8. The van der Waals surface area contributed by atoms with Crippen LogP contribution in [0.3, 0.4) is 0 Å². The number of hydrogen-bond acceptors (Lipinski definition) is 20. The highest BCUT2D eigenvalue weighted by molar-refractivity contribution is 6.33. The number of nitrogens with zero attached hydrogens (tertiary/aromatic N) is 8. The molecule has 8 heterocycles. The molecular weight excluding hydrogens is 1880 g/mol. The summed E-state index contributed by atoms with van der Waals surface area (Å²) in [6.45, 7) is 38.3. The fraction of sp³-hybridized carbons (Fsp3) is 0.567. The largest absolute Gasteiger partial charge is 0.458 e. The molecule has 4 aromatic rings. The van der Waals surface area contributed by atoms with E-state index in [1.807, 2.05) is 136 Å². The monoisotopic (exact) mass is 2050 g/mol. The predicted octanol–water partition coefficient (Wildman–Crippen LogP) is 26.3. The Balaban J connectivity index is 0.000000217. The van der Waals surface area contributed by atoms with Crippen LogP contribution in [0.5, 0.6) is 0 Å². The zero-order chi connectivity index (χ0) is 105. The zero-order valence-electron chi connectivity index (χ0n) is 90.5. The molecule has 12 rings (SSSR count). The first-order valence-electron chi connectivity index (χ1n) is 54.1. The molecule has 146 heavy (non-hydrogen) atoms. The lowest BCUT2D eigenvalue weighted by Gasteiger charge is -2.26. The summed E-state index contributed by atoms with van der Waals surface area (Å²) in [5.41, 5.74) is 19.9.